The van der Waals surface area contributed by atoms with Gasteiger partial charge in [-0.3, -0.25) is 9.20 Å². The van der Waals surface area contributed by atoms with E-state index in [2.05, 4.69) is 41.9 Å². The SMILES string of the molecule is Cc1cc(C)cc(N(C)Cc2cc(=O)n3c(C)csc3n2)c1. The topological polar surface area (TPSA) is 37.6 Å². The van der Waals surface area contributed by atoms with E-state index in [-0.39, 0.29) is 5.56 Å². The Bertz CT molecular complexity index is 874. The Kier molecular flexibility index (Phi) is 3.74. The van der Waals surface area contributed by atoms with E-state index in [4.69, 9.17) is 0 Å². The first-order valence-electron chi connectivity index (χ1n) is 7.20. The molecule has 1 aromatic carbocycles. The van der Waals surface area contributed by atoms with Crippen LogP contribution in [0.15, 0.2) is 34.4 Å². The molecule has 0 radical (unpaired) electrons. The first kappa shape index (κ1) is 14.8. The molecule has 4 nitrogen and oxygen atoms in total. The molecule has 5 heteroatoms. The van der Waals surface area contributed by atoms with Crippen LogP contribution < -0.4 is 10.5 Å². The molecule has 2 heterocycles. The zero-order valence-corrected chi connectivity index (χ0v) is 14.1. The minimum atomic E-state index is -0.00688. The summed E-state index contributed by atoms with van der Waals surface area (Å²) in [6.07, 6.45) is 0. The van der Waals surface area contributed by atoms with Gasteiger partial charge in [0.1, 0.15) is 0 Å². The maximum Gasteiger partial charge on any atom is 0.259 e. The number of rotatable bonds is 3. The molecule has 0 fully saturated rings. The van der Waals surface area contributed by atoms with Gasteiger partial charge in [-0.25, -0.2) is 4.98 Å². The zero-order chi connectivity index (χ0) is 15.9. The van der Waals surface area contributed by atoms with Gasteiger partial charge in [0.05, 0.1) is 12.2 Å². The highest BCUT2D eigenvalue weighted by atomic mass is 32.1. The van der Waals surface area contributed by atoms with Crippen molar-refractivity contribution >= 4 is 22.0 Å². The van der Waals surface area contributed by atoms with E-state index in [1.54, 1.807) is 10.5 Å². The van der Waals surface area contributed by atoms with Crippen LogP contribution in [0.25, 0.3) is 4.96 Å². The maximum atomic E-state index is 12.2. The van der Waals surface area contributed by atoms with Crippen molar-refractivity contribution in [3.8, 4) is 0 Å². The lowest BCUT2D eigenvalue weighted by molar-refractivity contribution is 0.869. The molecule has 22 heavy (non-hydrogen) atoms. The highest BCUT2D eigenvalue weighted by Crippen LogP contribution is 2.19. The third-order valence-electron chi connectivity index (χ3n) is 3.67. The predicted molar refractivity (Wildman–Crippen MR) is 92.1 cm³/mol. The van der Waals surface area contributed by atoms with Crippen LogP contribution in [0.5, 0.6) is 0 Å². The van der Waals surface area contributed by atoms with E-state index in [1.807, 2.05) is 19.4 Å². The van der Waals surface area contributed by atoms with Crippen LogP contribution in [0.2, 0.25) is 0 Å². The molecule has 0 amide bonds. The lowest BCUT2D eigenvalue weighted by Crippen LogP contribution is -2.21. The van der Waals surface area contributed by atoms with Crippen LogP contribution in [0.1, 0.15) is 22.5 Å². The second-order valence-electron chi connectivity index (χ2n) is 5.78. The van der Waals surface area contributed by atoms with Crippen LogP contribution in [0.3, 0.4) is 0 Å². The monoisotopic (exact) mass is 313 g/mol. The highest BCUT2D eigenvalue weighted by Gasteiger charge is 2.09. The van der Waals surface area contributed by atoms with Crippen molar-refractivity contribution in [3.63, 3.8) is 0 Å². The number of benzene rings is 1. The van der Waals surface area contributed by atoms with Gasteiger partial charge in [0.2, 0.25) is 0 Å². The minimum absolute atomic E-state index is 0.00688. The summed E-state index contributed by atoms with van der Waals surface area (Å²) in [7, 11) is 2.03. The van der Waals surface area contributed by atoms with Crippen LogP contribution in [-0.2, 0) is 6.54 Å². The summed E-state index contributed by atoms with van der Waals surface area (Å²) in [5, 5.41) is 1.96. The smallest absolute Gasteiger partial charge is 0.259 e. The predicted octanol–water partition coefficient (Wildman–Crippen LogP) is 3.32. The Labute approximate surface area is 133 Å². The van der Waals surface area contributed by atoms with Crippen molar-refractivity contribution in [2.24, 2.45) is 0 Å². The molecule has 0 aliphatic heterocycles. The molecule has 3 rings (SSSR count). The Morgan fingerprint density at radius 3 is 2.50 bits per heavy atom. The van der Waals surface area contributed by atoms with Gasteiger partial charge in [0.15, 0.2) is 4.96 Å². The largest absolute Gasteiger partial charge is 0.369 e. The van der Waals surface area contributed by atoms with Gasteiger partial charge in [0, 0.05) is 29.9 Å². The van der Waals surface area contributed by atoms with E-state index < -0.39 is 0 Å². The molecule has 2 aromatic heterocycles. The first-order chi connectivity index (χ1) is 10.4. The third-order valence-corrected chi connectivity index (χ3v) is 4.62. The Hall–Kier alpha value is -2.14. The van der Waals surface area contributed by atoms with E-state index in [9.17, 15) is 4.79 Å². The normalized spacial score (nSPS) is 11.1. The summed E-state index contributed by atoms with van der Waals surface area (Å²) in [6.45, 7) is 6.73. The Balaban J connectivity index is 1.94. The van der Waals surface area contributed by atoms with Crippen molar-refractivity contribution in [2.45, 2.75) is 27.3 Å². The summed E-state index contributed by atoms with van der Waals surface area (Å²) >= 11 is 1.50. The molecule has 0 aliphatic carbocycles. The minimum Gasteiger partial charge on any atom is -0.369 e. The van der Waals surface area contributed by atoms with Crippen molar-refractivity contribution in [2.75, 3.05) is 11.9 Å². The fourth-order valence-corrected chi connectivity index (χ4v) is 3.58. The number of thiazole rings is 1. The Morgan fingerprint density at radius 2 is 1.82 bits per heavy atom. The molecule has 0 atom stereocenters. The summed E-state index contributed by atoms with van der Waals surface area (Å²) in [6, 6.07) is 8.08. The van der Waals surface area contributed by atoms with Crippen molar-refractivity contribution in [1.82, 2.24) is 9.38 Å². The van der Waals surface area contributed by atoms with Gasteiger partial charge in [-0.1, -0.05) is 6.07 Å². The average molecular weight is 313 g/mol. The fourth-order valence-electron chi connectivity index (χ4n) is 2.69. The Morgan fingerprint density at radius 1 is 1.14 bits per heavy atom. The summed E-state index contributed by atoms with van der Waals surface area (Å²) in [5.74, 6) is 0. The van der Waals surface area contributed by atoms with Crippen LogP contribution in [-0.4, -0.2) is 16.4 Å². The summed E-state index contributed by atoms with van der Waals surface area (Å²) in [5.41, 5.74) is 5.34. The van der Waals surface area contributed by atoms with Gasteiger partial charge >= 0.3 is 0 Å². The molecule has 0 saturated heterocycles. The van der Waals surface area contributed by atoms with Gasteiger partial charge in [-0.15, -0.1) is 11.3 Å². The third kappa shape index (κ3) is 2.76. The summed E-state index contributed by atoms with van der Waals surface area (Å²) < 4.78 is 1.66. The summed E-state index contributed by atoms with van der Waals surface area (Å²) in [4.78, 5) is 19.7. The zero-order valence-electron chi connectivity index (χ0n) is 13.3. The fraction of sp³-hybridized carbons (Fsp3) is 0.294. The molecule has 0 spiro atoms. The lowest BCUT2D eigenvalue weighted by Gasteiger charge is -2.20. The number of anilines is 1. The van der Waals surface area contributed by atoms with Gasteiger partial charge in [-0.05, 0) is 44.0 Å². The molecular formula is C17H19N3OS. The van der Waals surface area contributed by atoms with E-state index >= 15 is 0 Å². The van der Waals surface area contributed by atoms with Gasteiger partial charge < -0.3 is 4.90 Å². The highest BCUT2D eigenvalue weighted by molar-refractivity contribution is 7.15. The molecule has 0 aliphatic rings. The second-order valence-corrected chi connectivity index (χ2v) is 6.62. The van der Waals surface area contributed by atoms with Gasteiger partial charge in [-0.2, -0.15) is 0 Å². The number of aryl methyl sites for hydroxylation is 3. The van der Waals surface area contributed by atoms with E-state index in [0.717, 1.165) is 22.0 Å². The van der Waals surface area contributed by atoms with Crippen LogP contribution in [0, 0.1) is 20.8 Å². The number of hydrogen-bond donors (Lipinski definition) is 0. The molecule has 0 N–H and O–H groups in total. The second kappa shape index (κ2) is 5.57. The average Bonchev–Trinajstić information content (AvgIpc) is 2.79. The van der Waals surface area contributed by atoms with Crippen molar-refractivity contribution in [1.29, 1.82) is 0 Å². The maximum absolute atomic E-state index is 12.2. The quantitative estimate of drug-likeness (QED) is 0.744. The van der Waals surface area contributed by atoms with Crippen LogP contribution in [0.4, 0.5) is 5.69 Å². The lowest BCUT2D eigenvalue weighted by atomic mass is 10.1. The molecule has 3 aromatic rings. The molecule has 0 saturated carbocycles. The van der Waals surface area contributed by atoms with Crippen LogP contribution >= 0.6 is 11.3 Å². The first-order valence-corrected chi connectivity index (χ1v) is 8.08. The number of fused-ring (bicyclic) bond motifs is 1. The standard InChI is InChI=1S/C17H19N3OS/c1-11-5-12(2)7-15(6-11)19(4)9-14-8-16(21)20-13(3)10-22-17(20)18-14/h5-8,10H,9H2,1-4H3. The number of aromatic nitrogens is 2. The molecule has 0 bridgehead atoms. The molecule has 0 unspecified atom stereocenters. The van der Waals surface area contributed by atoms with E-state index in [1.165, 1.54) is 22.5 Å². The number of nitrogens with zero attached hydrogens (tertiary/aromatic N) is 3. The van der Waals surface area contributed by atoms with Gasteiger partial charge in [0.25, 0.3) is 5.56 Å². The van der Waals surface area contributed by atoms with Crippen molar-refractivity contribution in [3.05, 3.63) is 62.5 Å². The number of hydrogen-bond acceptors (Lipinski definition) is 4. The van der Waals surface area contributed by atoms with E-state index in [0.29, 0.717) is 6.54 Å². The molecular weight excluding hydrogens is 294 g/mol. The van der Waals surface area contributed by atoms with Crippen molar-refractivity contribution < 1.29 is 0 Å². The molecule has 114 valence electrons.